The minimum Gasteiger partial charge on any atom is -0.307 e. The second-order valence-electron chi connectivity index (χ2n) is 3.19. The first-order valence-electron chi connectivity index (χ1n) is 4.71. The van der Waals surface area contributed by atoms with Crippen molar-refractivity contribution < 1.29 is 0 Å². The Labute approximate surface area is 111 Å². The highest BCUT2D eigenvalue weighted by Gasteiger charge is 2.00. The summed E-state index contributed by atoms with van der Waals surface area (Å²) in [5.41, 5.74) is 0. The molecule has 16 heavy (non-hydrogen) atoms. The second-order valence-corrected chi connectivity index (χ2v) is 6.90. The summed E-state index contributed by atoms with van der Waals surface area (Å²) in [5.74, 6) is 0. The van der Waals surface area contributed by atoms with Crippen LogP contribution >= 0.6 is 38.6 Å². The van der Waals surface area contributed by atoms with E-state index in [9.17, 15) is 0 Å². The van der Waals surface area contributed by atoms with Gasteiger partial charge >= 0.3 is 0 Å². The van der Waals surface area contributed by atoms with Gasteiger partial charge in [0.25, 0.3) is 0 Å². The van der Waals surface area contributed by atoms with Crippen molar-refractivity contribution in [2.24, 2.45) is 0 Å². The molecule has 0 amide bonds. The molecule has 0 bridgehead atoms. The zero-order valence-corrected chi connectivity index (χ0v) is 11.6. The molecule has 0 aliphatic rings. The number of nitrogens with one attached hydrogen (secondary N) is 1. The summed E-state index contributed by atoms with van der Waals surface area (Å²) in [7, 11) is 0. The lowest BCUT2D eigenvalue weighted by molar-refractivity contribution is 0.709. The molecule has 5 heteroatoms. The SMILES string of the molecule is N#Cc1ccc(CNCc2ccc(Br)s2)s1. The number of nitrogens with zero attached hydrogens (tertiary/aromatic N) is 1. The van der Waals surface area contributed by atoms with Crippen LogP contribution in [0.4, 0.5) is 0 Å². The highest BCUT2D eigenvalue weighted by molar-refractivity contribution is 9.11. The van der Waals surface area contributed by atoms with Crippen LogP contribution in [0, 0.1) is 11.3 Å². The van der Waals surface area contributed by atoms with Crippen LogP contribution in [0.15, 0.2) is 28.1 Å². The first kappa shape index (κ1) is 11.8. The summed E-state index contributed by atoms with van der Waals surface area (Å²) in [6.07, 6.45) is 0. The summed E-state index contributed by atoms with van der Waals surface area (Å²) < 4.78 is 1.16. The molecule has 2 rings (SSSR count). The number of rotatable bonds is 4. The molecule has 0 radical (unpaired) electrons. The molecule has 0 aliphatic carbocycles. The average Bonchev–Trinajstić information content (AvgIpc) is 2.88. The quantitative estimate of drug-likeness (QED) is 0.933. The zero-order chi connectivity index (χ0) is 11.4. The molecule has 0 aliphatic heterocycles. The third-order valence-electron chi connectivity index (χ3n) is 2.00. The molecule has 2 aromatic heterocycles. The van der Waals surface area contributed by atoms with Crippen molar-refractivity contribution in [1.29, 1.82) is 5.26 Å². The van der Waals surface area contributed by atoms with Gasteiger partial charge in [0.05, 0.1) is 3.79 Å². The predicted molar refractivity (Wildman–Crippen MR) is 71.6 cm³/mol. The van der Waals surface area contributed by atoms with E-state index in [1.807, 2.05) is 12.1 Å². The molecule has 2 aromatic rings. The van der Waals surface area contributed by atoms with Gasteiger partial charge in [-0.05, 0) is 40.2 Å². The Morgan fingerprint density at radius 3 is 2.38 bits per heavy atom. The normalized spacial score (nSPS) is 10.2. The summed E-state index contributed by atoms with van der Waals surface area (Å²) in [4.78, 5) is 3.28. The number of nitriles is 1. The second kappa shape index (κ2) is 5.60. The Hall–Kier alpha value is -0.670. The first-order chi connectivity index (χ1) is 7.78. The lowest BCUT2D eigenvalue weighted by atomic mass is 10.4. The van der Waals surface area contributed by atoms with Gasteiger partial charge < -0.3 is 5.32 Å². The largest absolute Gasteiger partial charge is 0.307 e. The van der Waals surface area contributed by atoms with E-state index in [0.29, 0.717) is 0 Å². The monoisotopic (exact) mass is 312 g/mol. The standard InChI is InChI=1S/C11H9BrN2S2/c12-11-4-3-10(16-11)7-14-6-9-2-1-8(5-13)15-9/h1-4,14H,6-7H2. The third-order valence-corrected chi connectivity index (χ3v) is 4.61. The van der Waals surface area contributed by atoms with Gasteiger partial charge in [0.15, 0.2) is 0 Å². The van der Waals surface area contributed by atoms with Crippen molar-refractivity contribution in [3.8, 4) is 6.07 Å². The molecule has 2 heterocycles. The molecule has 0 saturated carbocycles. The molecule has 2 nitrogen and oxygen atoms in total. The number of hydrogen-bond acceptors (Lipinski definition) is 4. The summed E-state index contributed by atoms with van der Waals surface area (Å²) in [6, 6.07) is 10.2. The molecule has 0 saturated heterocycles. The number of halogens is 1. The minimum atomic E-state index is 0.774. The Kier molecular flexibility index (Phi) is 4.13. The van der Waals surface area contributed by atoms with Crippen LogP contribution in [-0.2, 0) is 13.1 Å². The Bertz CT molecular complexity index is 510. The Morgan fingerprint density at radius 2 is 1.81 bits per heavy atom. The van der Waals surface area contributed by atoms with E-state index in [0.717, 1.165) is 21.8 Å². The summed E-state index contributed by atoms with van der Waals surface area (Å²) >= 11 is 6.72. The fourth-order valence-corrected chi connectivity index (χ4v) is 3.52. The van der Waals surface area contributed by atoms with Crippen molar-refractivity contribution in [3.05, 3.63) is 42.7 Å². The van der Waals surface area contributed by atoms with Gasteiger partial charge in [-0.25, -0.2) is 0 Å². The predicted octanol–water partition coefficient (Wildman–Crippen LogP) is 3.73. The smallest absolute Gasteiger partial charge is 0.110 e. The average molecular weight is 313 g/mol. The molecule has 0 fully saturated rings. The fourth-order valence-electron chi connectivity index (χ4n) is 1.29. The number of thiophene rings is 2. The molecule has 82 valence electrons. The third kappa shape index (κ3) is 3.16. The van der Waals surface area contributed by atoms with E-state index < -0.39 is 0 Å². The number of hydrogen-bond donors (Lipinski definition) is 1. The van der Waals surface area contributed by atoms with E-state index in [-0.39, 0.29) is 0 Å². The van der Waals surface area contributed by atoms with Gasteiger partial charge in [0.1, 0.15) is 10.9 Å². The first-order valence-corrected chi connectivity index (χ1v) is 7.14. The van der Waals surface area contributed by atoms with Crippen molar-refractivity contribution >= 4 is 38.6 Å². The summed E-state index contributed by atoms with van der Waals surface area (Å²) in [5, 5.41) is 12.1. The highest BCUT2D eigenvalue weighted by Crippen LogP contribution is 2.22. The van der Waals surface area contributed by atoms with Crippen molar-refractivity contribution in [2.75, 3.05) is 0 Å². The lowest BCUT2D eigenvalue weighted by Crippen LogP contribution is -2.10. The van der Waals surface area contributed by atoms with Crippen LogP contribution in [0.25, 0.3) is 0 Å². The Morgan fingerprint density at radius 1 is 1.12 bits per heavy atom. The highest BCUT2D eigenvalue weighted by atomic mass is 79.9. The molecule has 1 N–H and O–H groups in total. The maximum absolute atomic E-state index is 8.69. The molecular formula is C11H9BrN2S2. The van der Waals surface area contributed by atoms with Crippen LogP contribution < -0.4 is 5.32 Å². The van der Waals surface area contributed by atoms with Gasteiger partial charge in [-0.1, -0.05) is 0 Å². The van der Waals surface area contributed by atoms with Crippen molar-refractivity contribution in [1.82, 2.24) is 5.32 Å². The van der Waals surface area contributed by atoms with Gasteiger partial charge in [0.2, 0.25) is 0 Å². The lowest BCUT2D eigenvalue weighted by Gasteiger charge is -1.99. The van der Waals surface area contributed by atoms with E-state index in [4.69, 9.17) is 5.26 Å². The van der Waals surface area contributed by atoms with Gasteiger partial charge in [-0.2, -0.15) is 5.26 Å². The molecular weight excluding hydrogens is 304 g/mol. The minimum absolute atomic E-state index is 0.774. The van der Waals surface area contributed by atoms with Gasteiger partial charge in [-0.15, -0.1) is 22.7 Å². The summed E-state index contributed by atoms with van der Waals surface area (Å²) in [6.45, 7) is 1.69. The van der Waals surface area contributed by atoms with E-state index in [2.05, 4.69) is 39.4 Å². The van der Waals surface area contributed by atoms with Crippen molar-refractivity contribution in [2.45, 2.75) is 13.1 Å². The molecule has 0 unspecified atom stereocenters. The van der Waals surface area contributed by atoms with Gasteiger partial charge in [0, 0.05) is 22.8 Å². The van der Waals surface area contributed by atoms with E-state index >= 15 is 0 Å². The fraction of sp³-hybridized carbons (Fsp3) is 0.182. The zero-order valence-electron chi connectivity index (χ0n) is 8.37. The van der Waals surface area contributed by atoms with Gasteiger partial charge in [-0.3, -0.25) is 0 Å². The Balaban J connectivity index is 1.82. The van der Waals surface area contributed by atoms with Crippen LogP contribution in [0.5, 0.6) is 0 Å². The van der Waals surface area contributed by atoms with Crippen LogP contribution in [-0.4, -0.2) is 0 Å². The van der Waals surface area contributed by atoms with Crippen LogP contribution in [0.1, 0.15) is 14.6 Å². The molecule has 0 spiro atoms. The van der Waals surface area contributed by atoms with Crippen LogP contribution in [0.2, 0.25) is 0 Å². The van der Waals surface area contributed by atoms with Crippen molar-refractivity contribution in [3.63, 3.8) is 0 Å². The van der Waals surface area contributed by atoms with Crippen LogP contribution in [0.3, 0.4) is 0 Å². The van der Waals surface area contributed by atoms with E-state index in [1.165, 1.54) is 9.75 Å². The van der Waals surface area contributed by atoms with E-state index in [1.54, 1.807) is 22.7 Å². The maximum atomic E-state index is 8.69. The molecule has 0 aromatic carbocycles. The topological polar surface area (TPSA) is 35.8 Å². The molecule has 0 atom stereocenters. The maximum Gasteiger partial charge on any atom is 0.110 e.